The van der Waals surface area contributed by atoms with Gasteiger partial charge in [-0.1, -0.05) is 17.3 Å². The van der Waals surface area contributed by atoms with Crippen LogP contribution in [0.4, 0.5) is 13.2 Å². The molecule has 1 fully saturated rings. The predicted octanol–water partition coefficient (Wildman–Crippen LogP) is 4.05. The van der Waals surface area contributed by atoms with Gasteiger partial charge in [-0.05, 0) is 30.7 Å². The van der Waals surface area contributed by atoms with Gasteiger partial charge in [-0.15, -0.1) is 11.3 Å². The lowest BCUT2D eigenvalue weighted by Crippen LogP contribution is -2.42. The predicted molar refractivity (Wildman–Crippen MR) is 108 cm³/mol. The number of alkyl halides is 3. The Labute approximate surface area is 188 Å². The van der Waals surface area contributed by atoms with E-state index in [2.05, 4.69) is 5.16 Å². The maximum Gasteiger partial charge on any atom is 0.416 e. The standard InChI is InChI=1S/C22H15F3N2O5S/c1-10-16-18(29)20-13(17(28)19(16)32-26-10)8-15(33-20)21(30)27-5-6-31-14(9-27)11-3-2-4-12(7-11)22(23,24)25/h2-4,7-8,14H,5-6,9H2,1H3. The number of carbonyl (C=O) groups is 3. The minimum atomic E-state index is -4.49. The van der Waals surface area contributed by atoms with Gasteiger partial charge in [0.2, 0.25) is 17.3 Å². The molecule has 3 heterocycles. The molecule has 2 aliphatic rings. The van der Waals surface area contributed by atoms with Crippen LogP contribution in [-0.4, -0.2) is 47.2 Å². The number of nitrogens with zero attached hydrogens (tertiary/aromatic N) is 2. The molecule has 1 aliphatic heterocycles. The van der Waals surface area contributed by atoms with Gasteiger partial charge in [0.1, 0.15) is 6.10 Å². The van der Waals surface area contributed by atoms with E-state index in [0.717, 1.165) is 23.5 Å². The van der Waals surface area contributed by atoms with Crippen LogP contribution in [0.15, 0.2) is 34.9 Å². The maximum atomic E-state index is 13.2. The number of hydrogen-bond donors (Lipinski definition) is 0. The molecule has 1 amide bonds. The SMILES string of the molecule is Cc1noc2c1C(=O)c1sc(C(=O)N3CCOC(c4cccc(C(F)(F)F)c4)C3)cc1C2=O. The zero-order valence-corrected chi connectivity index (χ0v) is 17.9. The Morgan fingerprint density at radius 3 is 2.76 bits per heavy atom. The molecular weight excluding hydrogens is 461 g/mol. The second kappa shape index (κ2) is 7.63. The molecule has 170 valence electrons. The largest absolute Gasteiger partial charge is 0.416 e. The molecule has 1 saturated heterocycles. The Bertz CT molecular complexity index is 1310. The van der Waals surface area contributed by atoms with Gasteiger partial charge in [0, 0.05) is 12.1 Å². The van der Waals surface area contributed by atoms with Crippen LogP contribution >= 0.6 is 11.3 Å². The summed E-state index contributed by atoms with van der Waals surface area (Å²) in [5.74, 6) is -1.51. The Hall–Kier alpha value is -3.31. The molecule has 1 aromatic carbocycles. The number of aromatic nitrogens is 1. The van der Waals surface area contributed by atoms with Crippen molar-refractivity contribution >= 4 is 28.8 Å². The number of benzene rings is 1. The number of hydrogen-bond acceptors (Lipinski definition) is 7. The van der Waals surface area contributed by atoms with Crippen LogP contribution in [0, 0.1) is 6.92 Å². The molecule has 2 aromatic heterocycles. The number of halogens is 3. The number of morpholine rings is 1. The maximum absolute atomic E-state index is 13.2. The first-order valence-corrected chi connectivity index (χ1v) is 10.7. The summed E-state index contributed by atoms with van der Waals surface area (Å²) in [6, 6.07) is 6.16. The molecule has 0 radical (unpaired) electrons. The van der Waals surface area contributed by atoms with Crippen molar-refractivity contribution in [2.75, 3.05) is 19.7 Å². The fourth-order valence-electron chi connectivity index (χ4n) is 3.97. The fraction of sp³-hybridized carbons (Fsp3) is 0.273. The summed E-state index contributed by atoms with van der Waals surface area (Å²) >= 11 is 0.907. The molecule has 0 bridgehead atoms. The quantitative estimate of drug-likeness (QED) is 0.434. The Balaban J connectivity index is 1.40. The van der Waals surface area contributed by atoms with E-state index >= 15 is 0 Å². The number of fused-ring (bicyclic) bond motifs is 2. The van der Waals surface area contributed by atoms with Crippen LogP contribution in [0.25, 0.3) is 0 Å². The first kappa shape index (κ1) is 21.5. The summed E-state index contributed by atoms with van der Waals surface area (Å²) < 4.78 is 49.8. The summed E-state index contributed by atoms with van der Waals surface area (Å²) in [4.78, 5) is 40.5. The third-order valence-electron chi connectivity index (χ3n) is 5.63. The van der Waals surface area contributed by atoms with E-state index in [1.54, 1.807) is 6.92 Å². The van der Waals surface area contributed by atoms with Crippen LogP contribution in [-0.2, 0) is 10.9 Å². The monoisotopic (exact) mass is 476 g/mol. The zero-order chi connectivity index (χ0) is 23.5. The summed E-state index contributed by atoms with van der Waals surface area (Å²) in [6.45, 7) is 1.95. The Morgan fingerprint density at radius 1 is 1.21 bits per heavy atom. The third kappa shape index (κ3) is 3.57. The fourth-order valence-corrected chi connectivity index (χ4v) is 5.04. The van der Waals surface area contributed by atoms with Crippen molar-refractivity contribution in [2.45, 2.75) is 19.2 Å². The van der Waals surface area contributed by atoms with Crippen molar-refractivity contribution in [1.29, 1.82) is 0 Å². The molecule has 1 unspecified atom stereocenters. The van der Waals surface area contributed by atoms with E-state index in [4.69, 9.17) is 9.26 Å². The number of amides is 1. The van der Waals surface area contributed by atoms with Gasteiger partial charge in [-0.25, -0.2) is 0 Å². The van der Waals surface area contributed by atoms with E-state index in [9.17, 15) is 27.6 Å². The average molecular weight is 476 g/mol. The summed E-state index contributed by atoms with van der Waals surface area (Å²) in [5.41, 5.74) is -0.00120. The minimum Gasteiger partial charge on any atom is -0.370 e. The molecular formula is C22H15F3N2O5S. The number of rotatable bonds is 2. The van der Waals surface area contributed by atoms with Crippen molar-refractivity contribution in [3.8, 4) is 0 Å². The Kier molecular flexibility index (Phi) is 4.98. The lowest BCUT2D eigenvalue weighted by atomic mass is 9.93. The first-order valence-electron chi connectivity index (χ1n) is 9.92. The normalized spacial score (nSPS) is 18.3. The van der Waals surface area contributed by atoms with E-state index in [-0.39, 0.29) is 46.3 Å². The molecule has 5 rings (SSSR count). The smallest absolute Gasteiger partial charge is 0.370 e. The Morgan fingerprint density at radius 2 is 2.00 bits per heavy atom. The summed E-state index contributed by atoms with van der Waals surface area (Å²) in [5, 5.41) is 3.68. The lowest BCUT2D eigenvalue weighted by Gasteiger charge is -2.33. The minimum absolute atomic E-state index is 0.0359. The molecule has 33 heavy (non-hydrogen) atoms. The highest BCUT2D eigenvalue weighted by Gasteiger charge is 2.39. The van der Waals surface area contributed by atoms with Gasteiger partial charge in [0.15, 0.2) is 0 Å². The van der Waals surface area contributed by atoms with Gasteiger partial charge < -0.3 is 14.2 Å². The van der Waals surface area contributed by atoms with E-state index in [0.29, 0.717) is 11.3 Å². The molecule has 3 aromatic rings. The lowest BCUT2D eigenvalue weighted by molar-refractivity contribution is -0.137. The van der Waals surface area contributed by atoms with Crippen LogP contribution in [0.5, 0.6) is 0 Å². The van der Waals surface area contributed by atoms with Gasteiger partial charge in [0.25, 0.3) is 5.91 Å². The van der Waals surface area contributed by atoms with Crippen LogP contribution in [0.1, 0.15) is 63.9 Å². The zero-order valence-electron chi connectivity index (χ0n) is 17.1. The van der Waals surface area contributed by atoms with Gasteiger partial charge in [-0.2, -0.15) is 13.2 Å². The number of carbonyl (C=O) groups excluding carboxylic acids is 3. The van der Waals surface area contributed by atoms with E-state index in [1.807, 2.05) is 0 Å². The average Bonchev–Trinajstić information content (AvgIpc) is 3.42. The molecule has 0 spiro atoms. The number of ketones is 2. The summed E-state index contributed by atoms with van der Waals surface area (Å²) in [6.07, 6.45) is -5.23. The number of thiophene rings is 1. The molecule has 1 aliphatic carbocycles. The van der Waals surface area contributed by atoms with Crippen molar-refractivity contribution in [1.82, 2.24) is 10.1 Å². The third-order valence-corrected chi connectivity index (χ3v) is 6.75. The second-order valence-corrected chi connectivity index (χ2v) is 8.77. The molecule has 11 heteroatoms. The topological polar surface area (TPSA) is 89.7 Å². The van der Waals surface area contributed by atoms with Crippen LogP contribution in [0.3, 0.4) is 0 Å². The van der Waals surface area contributed by atoms with Crippen molar-refractivity contribution in [3.63, 3.8) is 0 Å². The first-order chi connectivity index (χ1) is 15.6. The molecule has 7 nitrogen and oxygen atoms in total. The van der Waals surface area contributed by atoms with Crippen molar-refractivity contribution in [3.05, 3.63) is 73.8 Å². The molecule has 0 saturated carbocycles. The molecule has 0 N–H and O–H groups in total. The van der Waals surface area contributed by atoms with Gasteiger partial charge >= 0.3 is 6.18 Å². The van der Waals surface area contributed by atoms with Gasteiger partial charge in [0.05, 0.1) is 39.7 Å². The molecule has 1 atom stereocenters. The van der Waals surface area contributed by atoms with Crippen molar-refractivity contribution in [2.24, 2.45) is 0 Å². The highest BCUT2D eigenvalue weighted by Crippen LogP contribution is 2.36. The van der Waals surface area contributed by atoms with Crippen molar-refractivity contribution < 1.29 is 36.8 Å². The number of ether oxygens (including phenoxy) is 1. The highest BCUT2D eigenvalue weighted by atomic mass is 32.1. The second-order valence-electron chi connectivity index (χ2n) is 7.72. The summed E-state index contributed by atoms with van der Waals surface area (Å²) in [7, 11) is 0. The van der Waals surface area contributed by atoms with Crippen LogP contribution < -0.4 is 0 Å². The van der Waals surface area contributed by atoms with E-state index in [1.165, 1.54) is 23.1 Å². The van der Waals surface area contributed by atoms with Crippen LogP contribution in [0.2, 0.25) is 0 Å². The van der Waals surface area contributed by atoms with E-state index < -0.39 is 35.3 Å². The number of aryl methyl sites for hydroxylation is 1. The highest BCUT2D eigenvalue weighted by molar-refractivity contribution is 7.16. The van der Waals surface area contributed by atoms with Gasteiger partial charge in [-0.3, -0.25) is 14.4 Å².